The summed E-state index contributed by atoms with van der Waals surface area (Å²) < 4.78 is 0. The first-order chi connectivity index (χ1) is 23.9. The van der Waals surface area contributed by atoms with Crippen molar-refractivity contribution in [3.05, 3.63) is 170 Å². The fourth-order valence-corrected chi connectivity index (χ4v) is 7.23. The molecule has 2 heterocycles. The molecule has 0 aliphatic carbocycles. The number of benzene rings is 7. The molecule has 0 radical (unpaired) electrons. The Morgan fingerprint density at radius 1 is 0.354 bits per heavy atom. The van der Waals surface area contributed by atoms with Crippen LogP contribution >= 0.6 is 0 Å². The van der Waals surface area contributed by atoms with Crippen molar-refractivity contribution in [3.63, 3.8) is 0 Å². The van der Waals surface area contributed by atoms with E-state index in [1.807, 2.05) is 24.4 Å². The fraction of sp³-hybridized carbons (Fsp3) is 0. The minimum Gasteiger partial charge on any atom is -0.256 e. The third kappa shape index (κ3) is 4.54. The lowest BCUT2D eigenvalue weighted by Crippen LogP contribution is -1.99. The molecule has 0 saturated heterocycles. The highest BCUT2D eigenvalue weighted by Crippen LogP contribution is 2.52. The quantitative estimate of drug-likeness (QED) is 0.181. The van der Waals surface area contributed by atoms with Crippen molar-refractivity contribution < 1.29 is 0 Å². The summed E-state index contributed by atoms with van der Waals surface area (Å²) in [5, 5.41) is 19.8. The number of rotatable bonds is 5. The van der Waals surface area contributed by atoms with E-state index in [0.717, 1.165) is 44.8 Å². The van der Waals surface area contributed by atoms with Crippen molar-refractivity contribution in [3.8, 4) is 55.9 Å². The van der Waals surface area contributed by atoms with Gasteiger partial charge in [-0.2, -0.15) is 0 Å². The first-order valence-electron chi connectivity index (χ1n) is 16.1. The molecule has 2 aromatic heterocycles. The zero-order valence-electron chi connectivity index (χ0n) is 26.0. The van der Waals surface area contributed by atoms with Gasteiger partial charge in [-0.3, -0.25) is 4.98 Å². The Bertz CT molecular complexity index is 2590. The average Bonchev–Trinajstić information content (AvgIpc) is 3.18. The van der Waals surface area contributed by atoms with E-state index in [0.29, 0.717) is 0 Å². The molecule has 9 aromatic rings. The molecule has 0 fully saturated rings. The summed E-state index contributed by atoms with van der Waals surface area (Å²) in [6, 6.07) is 56.0. The maximum absolute atomic E-state index is 4.93. The highest BCUT2D eigenvalue weighted by molar-refractivity contribution is 6.31. The molecule has 0 amide bonds. The summed E-state index contributed by atoms with van der Waals surface area (Å²) in [4.78, 5) is 4.93. The second-order valence-electron chi connectivity index (χ2n) is 11.9. The average molecular weight is 613 g/mol. The van der Waals surface area contributed by atoms with Gasteiger partial charge in [-0.1, -0.05) is 133 Å². The Morgan fingerprint density at radius 3 is 1.67 bits per heavy atom. The van der Waals surface area contributed by atoms with Crippen molar-refractivity contribution in [2.45, 2.75) is 0 Å². The second kappa shape index (κ2) is 11.7. The lowest BCUT2D eigenvalue weighted by Gasteiger charge is -2.24. The van der Waals surface area contributed by atoms with Crippen LogP contribution in [0.2, 0.25) is 0 Å². The molecule has 224 valence electrons. The minimum atomic E-state index is 0.743. The van der Waals surface area contributed by atoms with Crippen LogP contribution < -0.4 is 0 Å². The summed E-state index contributed by atoms with van der Waals surface area (Å²) in [6.07, 6.45) is 3.55. The lowest BCUT2D eigenvalue weighted by molar-refractivity contribution is 0.871. The minimum absolute atomic E-state index is 0.743. The normalized spacial score (nSPS) is 11.3. The Kier molecular flexibility index (Phi) is 6.76. The van der Waals surface area contributed by atoms with Gasteiger partial charge >= 0.3 is 0 Å². The first-order valence-corrected chi connectivity index (χ1v) is 16.1. The summed E-state index contributed by atoms with van der Waals surface area (Å²) in [6.45, 7) is 0. The largest absolute Gasteiger partial charge is 0.256 e. The highest BCUT2D eigenvalue weighted by Gasteiger charge is 2.25. The van der Waals surface area contributed by atoms with E-state index in [-0.39, 0.29) is 0 Å². The van der Waals surface area contributed by atoms with E-state index in [1.54, 1.807) is 6.20 Å². The van der Waals surface area contributed by atoms with E-state index in [9.17, 15) is 0 Å². The Labute approximate surface area is 278 Å². The van der Waals surface area contributed by atoms with Crippen LogP contribution in [-0.2, 0) is 0 Å². The highest BCUT2D eigenvalue weighted by atomic mass is 15.3. The lowest BCUT2D eigenvalue weighted by atomic mass is 9.79. The van der Waals surface area contributed by atoms with Gasteiger partial charge in [0.15, 0.2) is 0 Å². The Hall–Kier alpha value is -6.52. The van der Waals surface area contributed by atoms with Crippen molar-refractivity contribution in [2.24, 2.45) is 0 Å². The van der Waals surface area contributed by atoms with Crippen LogP contribution in [0.3, 0.4) is 0 Å². The topological polar surface area (TPSA) is 51.6 Å². The van der Waals surface area contributed by atoms with Crippen LogP contribution in [0.1, 0.15) is 0 Å². The zero-order chi connectivity index (χ0) is 31.9. The van der Waals surface area contributed by atoms with Crippen LogP contribution in [0, 0.1) is 0 Å². The fourth-order valence-electron chi connectivity index (χ4n) is 7.23. The summed E-state index contributed by atoms with van der Waals surface area (Å²) >= 11 is 0. The summed E-state index contributed by atoms with van der Waals surface area (Å²) in [7, 11) is 0. The molecule has 9 rings (SSSR count). The van der Waals surface area contributed by atoms with Gasteiger partial charge in [0.25, 0.3) is 0 Å². The van der Waals surface area contributed by atoms with Crippen molar-refractivity contribution >= 4 is 32.3 Å². The Morgan fingerprint density at radius 2 is 0.979 bits per heavy atom. The smallest absolute Gasteiger partial charge is 0.0970 e. The van der Waals surface area contributed by atoms with Gasteiger partial charge in [0, 0.05) is 17.3 Å². The predicted octanol–water partition coefficient (Wildman–Crippen LogP) is 11.1. The van der Waals surface area contributed by atoms with E-state index in [2.05, 4.69) is 155 Å². The van der Waals surface area contributed by atoms with Gasteiger partial charge in [-0.05, 0) is 95.2 Å². The number of pyridine rings is 1. The van der Waals surface area contributed by atoms with Crippen molar-refractivity contribution in [1.82, 2.24) is 20.4 Å². The molecular weight excluding hydrogens is 585 g/mol. The van der Waals surface area contributed by atoms with Gasteiger partial charge in [0.2, 0.25) is 0 Å². The molecule has 0 unspecified atom stereocenters. The van der Waals surface area contributed by atoms with E-state index < -0.39 is 0 Å². The van der Waals surface area contributed by atoms with Gasteiger partial charge in [0.05, 0.1) is 17.6 Å². The SMILES string of the molecule is c1ccc(-c2cc3c4ccccc4c4ccccc4c3c(-c3cccc(-c4ccnnn4)c3-c3ccccn3)c2-c2ccccc2)cc1. The monoisotopic (exact) mass is 612 g/mol. The maximum atomic E-state index is 4.93. The van der Waals surface area contributed by atoms with Crippen LogP contribution in [0.5, 0.6) is 0 Å². The predicted molar refractivity (Wildman–Crippen MR) is 197 cm³/mol. The molecule has 0 bridgehead atoms. The third-order valence-corrected chi connectivity index (χ3v) is 9.21. The van der Waals surface area contributed by atoms with E-state index >= 15 is 0 Å². The molecule has 0 N–H and O–H groups in total. The third-order valence-electron chi connectivity index (χ3n) is 9.21. The van der Waals surface area contributed by atoms with Crippen molar-refractivity contribution in [2.75, 3.05) is 0 Å². The molecule has 48 heavy (non-hydrogen) atoms. The summed E-state index contributed by atoms with van der Waals surface area (Å²) in [5.74, 6) is 0. The number of hydrogen-bond donors (Lipinski definition) is 0. The summed E-state index contributed by atoms with van der Waals surface area (Å²) in [5.41, 5.74) is 10.4. The van der Waals surface area contributed by atoms with Gasteiger partial charge in [0.1, 0.15) is 0 Å². The molecule has 0 atom stereocenters. The second-order valence-corrected chi connectivity index (χ2v) is 11.9. The van der Waals surface area contributed by atoms with Crippen LogP contribution in [0.25, 0.3) is 88.2 Å². The first kappa shape index (κ1) is 27.8. The molecular formula is C44H28N4. The number of aromatic nitrogens is 4. The van der Waals surface area contributed by atoms with E-state index in [4.69, 9.17) is 4.98 Å². The zero-order valence-corrected chi connectivity index (χ0v) is 26.0. The molecule has 7 aromatic carbocycles. The molecule has 4 nitrogen and oxygen atoms in total. The molecule has 0 aliphatic rings. The van der Waals surface area contributed by atoms with Crippen LogP contribution in [0.15, 0.2) is 170 Å². The molecule has 4 heteroatoms. The number of hydrogen-bond acceptors (Lipinski definition) is 4. The molecule has 0 saturated carbocycles. The van der Waals surface area contributed by atoms with Gasteiger partial charge in [-0.25, -0.2) is 0 Å². The number of fused-ring (bicyclic) bond motifs is 6. The van der Waals surface area contributed by atoms with Crippen LogP contribution in [-0.4, -0.2) is 20.4 Å². The maximum Gasteiger partial charge on any atom is 0.0970 e. The molecule has 0 aliphatic heterocycles. The Balaban J connectivity index is 1.58. The molecule has 0 spiro atoms. The van der Waals surface area contributed by atoms with Gasteiger partial charge in [-0.15, -0.1) is 10.2 Å². The van der Waals surface area contributed by atoms with Crippen LogP contribution in [0.4, 0.5) is 0 Å². The standard InChI is InChI=1S/C44H28N4/c1-3-14-29(15-4-1)37-28-38-33-20-8-7-18-31(33)32-19-9-10-21-34(32)43(38)44(41(37)30-16-5-2-6-17-30)36-23-13-22-35(39-25-27-46-48-47-39)42(36)40-24-11-12-26-45-40/h1-28H. The van der Waals surface area contributed by atoms with Crippen molar-refractivity contribution in [1.29, 1.82) is 0 Å². The number of nitrogens with zero attached hydrogens (tertiary/aromatic N) is 4. The van der Waals surface area contributed by atoms with E-state index in [1.165, 1.54) is 43.4 Å². The van der Waals surface area contributed by atoms with Gasteiger partial charge < -0.3 is 0 Å².